The molecule has 0 amide bonds. The smallest absolute Gasteiger partial charge is 0.138 e. The average molecular weight is 195 g/mol. The molecule has 0 saturated heterocycles. The summed E-state index contributed by atoms with van der Waals surface area (Å²) in [7, 11) is 0. The highest BCUT2D eigenvalue weighted by Crippen LogP contribution is 2.22. The van der Waals surface area contributed by atoms with Gasteiger partial charge in [0.1, 0.15) is 5.00 Å². The highest BCUT2D eigenvalue weighted by molar-refractivity contribution is 7.13. The maximum absolute atomic E-state index is 9.37. The second kappa shape index (κ2) is 6.03. The van der Waals surface area contributed by atoms with E-state index in [1.807, 2.05) is 11.4 Å². The lowest BCUT2D eigenvalue weighted by Gasteiger charge is -1.98. The molecule has 2 heteroatoms. The van der Waals surface area contributed by atoms with Gasteiger partial charge in [-0.25, -0.2) is 0 Å². The highest BCUT2D eigenvalue weighted by atomic mass is 32.1. The van der Waals surface area contributed by atoms with E-state index in [0.717, 1.165) is 12.0 Å². The zero-order valence-corrected chi connectivity index (χ0v) is 9.07. The van der Waals surface area contributed by atoms with Crippen molar-refractivity contribution in [3.05, 3.63) is 17.0 Å². The van der Waals surface area contributed by atoms with Gasteiger partial charge in [0, 0.05) is 0 Å². The molecule has 0 N–H and O–H groups in total. The van der Waals surface area contributed by atoms with E-state index < -0.39 is 0 Å². The van der Waals surface area contributed by atoms with Crippen molar-refractivity contribution in [1.82, 2.24) is 5.73 Å². The van der Waals surface area contributed by atoms with Crippen molar-refractivity contribution in [3.63, 3.8) is 0 Å². The van der Waals surface area contributed by atoms with Crippen molar-refractivity contribution < 1.29 is 0 Å². The van der Waals surface area contributed by atoms with Crippen molar-refractivity contribution >= 4 is 16.3 Å². The van der Waals surface area contributed by atoms with Gasteiger partial charge in [-0.05, 0) is 29.9 Å². The second-order valence-corrected chi connectivity index (χ2v) is 4.31. The predicted molar refractivity (Wildman–Crippen MR) is 58.6 cm³/mol. The first kappa shape index (κ1) is 10.6. The molecule has 1 aromatic rings. The predicted octanol–water partition coefficient (Wildman–Crippen LogP) is 3.96. The van der Waals surface area contributed by atoms with E-state index in [0.29, 0.717) is 5.00 Å². The Labute approximate surface area is 85.0 Å². The van der Waals surface area contributed by atoms with Gasteiger partial charge >= 0.3 is 0 Å². The Morgan fingerprint density at radius 2 is 2.00 bits per heavy atom. The molecule has 0 spiro atoms. The van der Waals surface area contributed by atoms with Gasteiger partial charge in [0.15, 0.2) is 0 Å². The first-order valence-corrected chi connectivity index (χ1v) is 5.98. The van der Waals surface area contributed by atoms with Crippen molar-refractivity contribution in [2.45, 2.75) is 45.4 Å². The van der Waals surface area contributed by atoms with Crippen molar-refractivity contribution in [2.24, 2.45) is 0 Å². The van der Waals surface area contributed by atoms with Gasteiger partial charge in [0.2, 0.25) is 0 Å². The van der Waals surface area contributed by atoms with Gasteiger partial charge in [0.25, 0.3) is 0 Å². The number of unbranched alkanes of at least 4 members (excludes halogenated alkanes) is 4. The van der Waals surface area contributed by atoms with Crippen LogP contribution in [0.2, 0.25) is 0 Å². The van der Waals surface area contributed by atoms with Gasteiger partial charge < -0.3 is 0 Å². The molecule has 1 heterocycles. The molecule has 1 rings (SSSR count). The Kier molecular flexibility index (Phi) is 4.91. The summed E-state index contributed by atoms with van der Waals surface area (Å²) in [5, 5.41) is 2.46. The second-order valence-electron chi connectivity index (χ2n) is 3.42. The van der Waals surface area contributed by atoms with E-state index in [1.165, 1.54) is 43.4 Å². The van der Waals surface area contributed by atoms with Crippen LogP contribution in [0.5, 0.6) is 0 Å². The summed E-state index contributed by atoms with van der Waals surface area (Å²) in [6, 6.07) is 2.03. The zero-order valence-electron chi connectivity index (χ0n) is 8.25. The van der Waals surface area contributed by atoms with Crippen LogP contribution in [-0.2, 0) is 6.42 Å². The van der Waals surface area contributed by atoms with E-state index in [4.69, 9.17) is 0 Å². The number of hydrogen-bond acceptors (Lipinski definition) is 1. The average Bonchev–Trinajstić information content (AvgIpc) is 2.52. The number of aryl methyl sites for hydroxylation is 1. The van der Waals surface area contributed by atoms with Crippen LogP contribution >= 0.6 is 11.3 Å². The molecule has 1 aromatic heterocycles. The number of rotatable bonds is 6. The van der Waals surface area contributed by atoms with E-state index in [9.17, 15) is 5.73 Å². The molecule has 0 aliphatic heterocycles. The molecule has 0 unspecified atom stereocenters. The van der Waals surface area contributed by atoms with Gasteiger partial charge in [-0.3, -0.25) is 0 Å². The molecule has 0 bridgehead atoms. The molecule has 13 heavy (non-hydrogen) atoms. The summed E-state index contributed by atoms with van der Waals surface area (Å²) in [6.45, 7) is 2.23. The summed E-state index contributed by atoms with van der Waals surface area (Å²) in [5.74, 6) is 0. The topological polar surface area (TPSA) is 22.3 Å². The summed E-state index contributed by atoms with van der Waals surface area (Å²) >= 11 is 1.43. The van der Waals surface area contributed by atoms with Gasteiger partial charge in [-0.1, -0.05) is 32.6 Å². The summed E-state index contributed by atoms with van der Waals surface area (Å²) in [6.07, 6.45) is 7.52. The number of hydrogen-bond donors (Lipinski definition) is 0. The van der Waals surface area contributed by atoms with Gasteiger partial charge in [-0.2, -0.15) is 0 Å². The molecule has 0 atom stereocenters. The van der Waals surface area contributed by atoms with E-state index >= 15 is 0 Å². The Bertz CT molecular complexity index is 230. The Balaban J connectivity index is 2.10. The lowest BCUT2D eigenvalue weighted by molar-refractivity contribution is 0.633. The third kappa shape index (κ3) is 3.81. The first-order valence-electron chi connectivity index (χ1n) is 5.10. The van der Waals surface area contributed by atoms with E-state index in [1.54, 1.807) is 0 Å². The third-order valence-electron chi connectivity index (χ3n) is 2.27. The van der Waals surface area contributed by atoms with Crippen LogP contribution in [0.15, 0.2) is 11.4 Å². The minimum atomic E-state index is 0.510. The van der Waals surface area contributed by atoms with Crippen LogP contribution in [0.4, 0.5) is 5.00 Å². The van der Waals surface area contributed by atoms with Gasteiger partial charge in [-0.15, -0.1) is 17.1 Å². The maximum Gasteiger partial charge on any atom is 0.142 e. The normalized spacial score (nSPS) is 10.5. The van der Waals surface area contributed by atoms with Crippen molar-refractivity contribution in [1.29, 1.82) is 0 Å². The zero-order chi connectivity index (χ0) is 9.52. The molecule has 0 aliphatic rings. The van der Waals surface area contributed by atoms with Crippen molar-refractivity contribution in [2.75, 3.05) is 0 Å². The highest BCUT2D eigenvalue weighted by Gasteiger charge is 2.00. The number of nitrogens with zero attached hydrogens (tertiary/aromatic N) is 1. The summed E-state index contributed by atoms with van der Waals surface area (Å²) in [4.78, 5) is 0. The standard InChI is InChI=1S/C11H17NS/c1-2-3-4-5-6-7-10-8-9-13-11(10)12/h8-9H,2-7H2,1H3. The van der Waals surface area contributed by atoms with Crippen LogP contribution in [0.1, 0.15) is 44.6 Å². The van der Waals surface area contributed by atoms with Gasteiger partial charge in [0.05, 0.1) is 0 Å². The fourth-order valence-corrected chi connectivity index (χ4v) is 2.12. The maximum atomic E-state index is 9.37. The molecular formula is C11H17NS. The van der Waals surface area contributed by atoms with Crippen LogP contribution in [0.3, 0.4) is 0 Å². The summed E-state index contributed by atoms with van der Waals surface area (Å²) < 4.78 is 0. The molecule has 0 fully saturated rings. The van der Waals surface area contributed by atoms with Crippen LogP contribution in [-0.4, -0.2) is 0 Å². The van der Waals surface area contributed by atoms with E-state index in [-0.39, 0.29) is 0 Å². The SMILES string of the molecule is CCCCCCCc1ccsc1[N]. The molecule has 0 saturated carbocycles. The van der Waals surface area contributed by atoms with Crippen LogP contribution in [0.25, 0.3) is 0 Å². The first-order chi connectivity index (χ1) is 6.34. The largest absolute Gasteiger partial charge is 0.142 e. The molecule has 72 valence electrons. The molecule has 2 radical (unpaired) electrons. The third-order valence-corrected chi connectivity index (χ3v) is 3.03. The van der Waals surface area contributed by atoms with Crippen molar-refractivity contribution in [3.8, 4) is 0 Å². The lowest BCUT2D eigenvalue weighted by Crippen LogP contribution is -1.84. The fourth-order valence-electron chi connectivity index (χ4n) is 1.44. The lowest BCUT2D eigenvalue weighted by atomic mass is 10.1. The monoisotopic (exact) mass is 195 g/mol. The Morgan fingerprint density at radius 1 is 1.23 bits per heavy atom. The molecule has 1 nitrogen and oxygen atoms in total. The molecular weight excluding hydrogens is 178 g/mol. The van der Waals surface area contributed by atoms with E-state index in [2.05, 4.69) is 6.92 Å². The Hall–Kier alpha value is -0.500. The molecule has 0 aromatic carbocycles. The molecule has 0 aliphatic carbocycles. The summed E-state index contributed by atoms with van der Waals surface area (Å²) in [5.41, 5.74) is 10.5. The van der Waals surface area contributed by atoms with Crippen LogP contribution in [0, 0.1) is 0 Å². The number of thiophene rings is 1. The quantitative estimate of drug-likeness (QED) is 0.613. The fraction of sp³-hybridized carbons (Fsp3) is 0.636. The minimum Gasteiger partial charge on any atom is -0.138 e. The van der Waals surface area contributed by atoms with Crippen LogP contribution < -0.4 is 5.73 Å². The minimum absolute atomic E-state index is 0.510. The Morgan fingerprint density at radius 3 is 2.62 bits per heavy atom.